The number of carbonyl (C=O) groups is 1. The quantitative estimate of drug-likeness (QED) is 0.479. The van der Waals surface area contributed by atoms with Crippen molar-refractivity contribution in [2.24, 2.45) is 5.10 Å². The van der Waals surface area contributed by atoms with E-state index in [1.165, 1.54) is 6.21 Å². The SMILES string of the molecule is CCOc1ccc(C=NNC(=O)c2cc3ccccc3cc2O)c(OCC)c1. The Balaban J connectivity index is 1.77. The Morgan fingerprint density at radius 1 is 1.04 bits per heavy atom. The first-order valence-corrected chi connectivity index (χ1v) is 9.07. The Morgan fingerprint density at radius 2 is 1.75 bits per heavy atom. The first-order chi connectivity index (χ1) is 13.6. The molecule has 0 radical (unpaired) electrons. The molecule has 0 aliphatic carbocycles. The number of carbonyl (C=O) groups excluding carboxylic acids is 1. The molecule has 0 aliphatic rings. The maximum atomic E-state index is 12.4. The van der Waals surface area contributed by atoms with Gasteiger partial charge in [-0.05, 0) is 48.9 Å². The molecular weight excluding hydrogens is 356 g/mol. The highest BCUT2D eigenvalue weighted by atomic mass is 16.5. The Kier molecular flexibility index (Phi) is 6.11. The molecule has 6 heteroatoms. The number of hydrazone groups is 1. The third kappa shape index (κ3) is 4.40. The predicted octanol–water partition coefficient (Wildman–Crippen LogP) is 4.11. The van der Waals surface area contributed by atoms with Crippen LogP contribution in [0.3, 0.4) is 0 Å². The molecule has 3 aromatic carbocycles. The largest absolute Gasteiger partial charge is 0.507 e. The Labute approximate surface area is 163 Å². The van der Waals surface area contributed by atoms with E-state index in [0.717, 1.165) is 10.8 Å². The van der Waals surface area contributed by atoms with E-state index in [-0.39, 0.29) is 11.3 Å². The summed E-state index contributed by atoms with van der Waals surface area (Å²) in [5.74, 6) is 0.721. The Morgan fingerprint density at radius 3 is 2.46 bits per heavy atom. The first-order valence-electron chi connectivity index (χ1n) is 9.07. The van der Waals surface area contributed by atoms with Crippen molar-refractivity contribution >= 4 is 22.9 Å². The van der Waals surface area contributed by atoms with Crippen molar-refractivity contribution < 1.29 is 19.4 Å². The van der Waals surface area contributed by atoms with Gasteiger partial charge in [0, 0.05) is 11.6 Å². The molecule has 3 rings (SSSR count). The van der Waals surface area contributed by atoms with Gasteiger partial charge >= 0.3 is 0 Å². The van der Waals surface area contributed by atoms with Crippen LogP contribution >= 0.6 is 0 Å². The lowest BCUT2D eigenvalue weighted by atomic mass is 10.1. The molecule has 3 aromatic rings. The third-order valence-corrected chi connectivity index (χ3v) is 4.07. The molecule has 0 saturated carbocycles. The van der Waals surface area contributed by atoms with E-state index in [4.69, 9.17) is 9.47 Å². The number of ether oxygens (including phenoxy) is 2. The summed E-state index contributed by atoms with van der Waals surface area (Å²) in [6, 6.07) is 16.1. The molecule has 0 aliphatic heterocycles. The highest BCUT2D eigenvalue weighted by molar-refractivity contribution is 6.01. The molecule has 0 aromatic heterocycles. The minimum atomic E-state index is -0.497. The van der Waals surface area contributed by atoms with Gasteiger partial charge in [-0.1, -0.05) is 24.3 Å². The van der Waals surface area contributed by atoms with Crippen LogP contribution in [-0.2, 0) is 0 Å². The van der Waals surface area contributed by atoms with E-state index in [2.05, 4.69) is 10.5 Å². The standard InChI is InChI=1S/C22H22N2O4/c1-3-27-18-10-9-17(21(13-18)28-4-2)14-23-24-22(26)19-11-15-7-5-6-8-16(15)12-20(19)25/h5-14,25H,3-4H2,1-2H3,(H,24,26). The number of phenols is 1. The van der Waals surface area contributed by atoms with Gasteiger partial charge in [0.2, 0.25) is 0 Å². The number of nitrogens with one attached hydrogen (secondary N) is 1. The number of aromatic hydroxyl groups is 1. The topological polar surface area (TPSA) is 80.2 Å². The number of hydrogen-bond donors (Lipinski definition) is 2. The van der Waals surface area contributed by atoms with Crippen molar-refractivity contribution in [3.05, 3.63) is 65.7 Å². The number of rotatable bonds is 7. The summed E-state index contributed by atoms with van der Waals surface area (Å²) in [5, 5.41) is 15.9. The molecule has 28 heavy (non-hydrogen) atoms. The molecule has 6 nitrogen and oxygen atoms in total. The van der Waals surface area contributed by atoms with Crippen LogP contribution in [0.15, 0.2) is 59.7 Å². The van der Waals surface area contributed by atoms with E-state index >= 15 is 0 Å². The third-order valence-electron chi connectivity index (χ3n) is 4.07. The minimum Gasteiger partial charge on any atom is -0.507 e. The van der Waals surface area contributed by atoms with E-state index in [0.29, 0.717) is 30.3 Å². The predicted molar refractivity (Wildman–Crippen MR) is 109 cm³/mol. The van der Waals surface area contributed by atoms with Crippen molar-refractivity contribution in [1.29, 1.82) is 0 Å². The van der Waals surface area contributed by atoms with Gasteiger partial charge in [0.15, 0.2) is 0 Å². The second-order valence-electron chi connectivity index (χ2n) is 5.98. The molecule has 144 valence electrons. The number of fused-ring (bicyclic) bond motifs is 1. The highest BCUT2D eigenvalue weighted by Gasteiger charge is 2.12. The molecule has 0 bridgehead atoms. The van der Waals surface area contributed by atoms with Crippen LogP contribution in [0.2, 0.25) is 0 Å². The normalized spacial score (nSPS) is 10.9. The van der Waals surface area contributed by atoms with Gasteiger partial charge in [0.25, 0.3) is 5.91 Å². The summed E-state index contributed by atoms with van der Waals surface area (Å²) in [4.78, 5) is 12.4. The van der Waals surface area contributed by atoms with Gasteiger partial charge in [0.1, 0.15) is 17.2 Å². The van der Waals surface area contributed by atoms with Gasteiger partial charge in [-0.25, -0.2) is 5.43 Å². The maximum Gasteiger partial charge on any atom is 0.275 e. The van der Waals surface area contributed by atoms with Crippen LogP contribution in [0.25, 0.3) is 10.8 Å². The van der Waals surface area contributed by atoms with Crippen LogP contribution < -0.4 is 14.9 Å². The molecule has 0 atom stereocenters. The monoisotopic (exact) mass is 378 g/mol. The van der Waals surface area contributed by atoms with Gasteiger partial charge in [-0.2, -0.15) is 5.10 Å². The summed E-state index contributed by atoms with van der Waals surface area (Å²) >= 11 is 0. The lowest BCUT2D eigenvalue weighted by Crippen LogP contribution is -2.17. The molecule has 0 fully saturated rings. The lowest BCUT2D eigenvalue weighted by molar-refractivity contribution is 0.0952. The number of phenolic OH excluding ortho intramolecular Hbond substituents is 1. The molecule has 1 amide bonds. The van der Waals surface area contributed by atoms with Crippen LogP contribution in [-0.4, -0.2) is 30.4 Å². The number of amides is 1. The number of nitrogens with zero attached hydrogens (tertiary/aromatic N) is 1. The average Bonchev–Trinajstić information content (AvgIpc) is 2.69. The Hall–Kier alpha value is -3.54. The fourth-order valence-electron chi connectivity index (χ4n) is 2.79. The number of benzene rings is 3. The van der Waals surface area contributed by atoms with Crippen LogP contribution in [0, 0.1) is 0 Å². The van der Waals surface area contributed by atoms with Crippen LogP contribution in [0.4, 0.5) is 0 Å². The van der Waals surface area contributed by atoms with Crippen molar-refractivity contribution in [3.8, 4) is 17.2 Å². The summed E-state index contributed by atoms with van der Waals surface area (Å²) in [7, 11) is 0. The van der Waals surface area contributed by atoms with Crippen molar-refractivity contribution in [2.75, 3.05) is 13.2 Å². The minimum absolute atomic E-state index is 0.0949. The molecule has 0 heterocycles. The van der Waals surface area contributed by atoms with E-state index in [1.54, 1.807) is 24.3 Å². The lowest BCUT2D eigenvalue weighted by Gasteiger charge is -2.10. The van der Waals surface area contributed by atoms with Crippen LogP contribution in [0.1, 0.15) is 29.8 Å². The second-order valence-corrected chi connectivity index (χ2v) is 5.98. The van der Waals surface area contributed by atoms with Crippen LogP contribution in [0.5, 0.6) is 17.2 Å². The fourth-order valence-corrected chi connectivity index (χ4v) is 2.79. The molecule has 2 N–H and O–H groups in total. The van der Waals surface area contributed by atoms with Crippen molar-refractivity contribution in [2.45, 2.75) is 13.8 Å². The maximum absolute atomic E-state index is 12.4. The second kappa shape index (κ2) is 8.90. The smallest absolute Gasteiger partial charge is 0.275 e. The van der Waals surface area contributed by atoms with Gasteiger partial charge in [-0.15, -0.1) is 0 Å². The summed E-state index contributed by atoms with van der Waals surface area (Å²) in [6.45, 7) is 4.85. The van der Waals surface area contributed by atoms with E-state index < -0.39 is 5.91 Å². The average molecular weight is 378 g/mol. The summed E-state index contributed by atoms with van der Waals surface area (Å²) in [5.41, 5.74) is 3.31. The summed E-state index contributed by atoms with van der Waals surface area (Å²) in [6.07, 6.45) is 1.50. The zero-order valence-electron chi connectivity index (χ0n) is 15.8. The zero-order chi connectivity index (χ0) is 19.9. The number of hydrogen-bond acceptors (Lipinski definition) is 5. The van der Waals surface area contributed by atoms with Gasteiger partial charge in [0.05, 0.1) is 25.0 Å². The van der Waals surface area contributed by atoms with Crippen molar-refractivity contribution in [1.82, 2.24) is 5.43 Å². The molecular formula is C22H22N2O4. The molecule has 0 spiro atoms. The highest BCUT2D eigenvalue weighted by Crippen LogP contribution is 2.25. The molecule has 0 saturated heterocycles. The van der Waals surface area contributed by atoms with Gasteiger partial charge in [-0.3, -0.25) is 4.79 Å². The van der Waals surface area contributed by atoms with Gasteiger partial charge < -0.3 is 14.6 Å². The fraction of sp³-hybridized carbons (Fsp3) is 0.182. The Bertz CT molecular complexity index is 1010. The zero-order valence-corrected chi connectivity index (χ0v) is 15.8. The summed E-state index contributed by atoms with van der Waals surface area (Å²) < 4.78 is 11.1. The van der Waals surface area contributed by atoms with E-state index in [1.807, 2.05) is 44.2 Å². The van der Waals surface area contributed by atoms with E-state index in [9.17, 15) is 9.90 Å². The van der Waals surface area contributed by atoms with Crippen molar-refractivity contribution in [3.63, 3.8) is 0 Å². The molecule has 0 unspecified atom stereocenters. The first kappa shape index (κ1) is 19.2.